The summed E-state index contributed by atoms with van der Waals surface area (Å²) in [4.78, 5) is 28.5. The van der Waals surface area contributed by atoms with Crippen molar-refractivity contribution in [3.8, 4) is 0 Å². The third-order valence-electron chi connectivity index (χ3n) is 3.91. The van der Waals surface area contributed by atoms with E-state index in [1.165, 1.54) is 0 Å². The molecule has 6 nitrogen and oxygen atoms in total. The van der Waals surface area contributed by atoms with Crippen molar-refractivity contribution in [3.05, 3.63) is 40.3 Å². The number of hydrogen-bond acceptors (Lipinski definition) is 4. The molecule has 0 unspecified atom stereocenters. The number of nitrogens with zero attached hydrogens (tertiary/aromatic N) is 3. The fraction of sp³-hybridized carbons (Fsp3) is 0.400. The number of amides is 1. The summed E-state index contributed by atoms with van der Waals surface area (Å²) in [6, 6.07) is 7.08. The zero-order chi connectivity index (χ0) is 14.8. The second-order valence-corrected chi connectivity index (χ2v) is 5.40. The smallest absolute Gasteiger partial charge is 0.274 e. The first-order valence-corrected chi connectivity index (χ1v) is 7.12. The zero-order valence-corrected chi connectivity index (χ0v) is 12.0. The monoisotopic (exact) mass is 286 g/mol. The van der Waals surface area contributed by atoms with Gasteiger partial charge in [-0.1, -0.05) is 18.2 Å². The van der Waals surface area contributed by atoms with Crippen molar-refractivity contribution in [1.82, 2.24) is 20.0 Å². The third kappa shape index (κ3) is 2.67. The van der Waals surface area contributed by atoms with Crippen LogP contribution in [0.5, 0.6) is 0 Å². The molecule has 0 saturated carbocycles. The fourth-order valence-electron chi connectivity index (χ4n) is 2.68. The number of likely N-dealkylation sites (N-methyl/N-ethyl adjacent to an activating group) is 1. The van der Waals surface area contributed by atoms with Gasteiger partial charge in [0, 0.05) is 25.0 Å². The second-order valence-electron chi connectivity index (χ2n) is 5.40. The van der Waals surface area contributed by atoms with Gasteiger partial charge in [-0.2, -0.15) is 5.10 Å². The van der Waals surface area contributed by atoms with Crippen LogP contribution in [0.3, 0.4) is 0 Å². The Kier molecular flexibility index (Phi) is 3.70. The highest BCUT2D eigenvalue weighted by atomic mass is 16.2. The van der Waals surface area contributed by atoms with Gasteiger partial charge in [0.2, 0.25) is 0 Å². The van der Waals surface area contributed by atoms with Gasteiger partial charge in [-0.3, -0.25) is 9.59 Å². The molecule has 2 aromatic rings. The molecule has 0 spiro atoms. The minimum atomic E-state index is -0.266. The molecule has 1 aromatic carbocycles. The van der Waals surface area contributed by atoms with Gasteiger partial charge < -0.3 is 9.80 Å². The molecule has 1 N–H and O–H groups in total. The summed E-state index contributed by atoms with van der Waals surface area (Å²) in [6.07, 6.45) is 0.948. The number of H-pyrrole nitrogens is 1. The summed E-state index contributed by atoms with van der Waals surface area (Å²) >= 11 is 0. The van der Waals surface area contributed by atoms with E-state index in [1.807, 2.05) is 11.0 Å². The van der Waals surface area contributed by atoms with Crippen LogP contribution in [0.15, 0.2) is 29.1 Å². The molecule has 1 saturated heterocycles. The lowest BCUT2D eigenvalue weighted by Gasteiger charge is -2.20. The molecule has 110 valence electrons. The van der Waals surface area contributed by atoms with Crippen molar-refractivity contribution >= 4 is 16.7 Å². The first-order chi connectivity index (χ1) is 10.2. The van der Waals surface area contributed by atoms with E-state index in [0.717, 1.165) is 26.1 Å². The Labute approximate surface area is 122 Å². The van der Waals surface area contributed by atoms with E-state index in [0.29, 0.717) is 23.0 Å². The molecule has 1 fully saturated rings. The van der Waals surface area contributed by atoms with Crippen LogP contribution in [0.1, 0.15) is 16.9 Å². The quantitative estimate of drug-likeness (QED) is 0.838. The van der Waals surface area contributed by atoms with Crippen molar-refractivity contribution in [2.24, 2.45) is 0 Å². The molecule has 6 heteroatoms. The summed E-state index contributed by atoms with van der Waals surface area (Å²) < 4.78 is 0. The Morgan fingerprint density at radius 2 is 1.90 bits per heavy atom. The maximum atomic E-state index is 12.7. The number of aromatic amines is 1. The van der Waals surface area contributed by atoms with E-state index in [2.05, 4.69) is 22.1 Å². The van der Waals surface area contributed by atoms with Crippen LogP contribution < -0.4 is 5.56 Å². The number of aromatic nitrogens is 2. The summed E-state index contributed by atoms with van der Waals surface area (Å²) in [5, 5.41) is 7.53. The predicted molar refractivity (Wildman–Crippen MR) is 80.4 cm³/mol. The van der Waals surface area contributed by atoms with Crippen LogP contribution in [0.25, 0.3) is 10.8 Å². The van der Waals surface area contributed by atoms with E-state index in [-0.39, 0.29) is 11.5 Å². The van der Waals surface area contributed by atoms with Gasteiger partial charge in [0.05, 0.1) is 5.39 Å². The largest absolute Gasteiger partial charge is 0.336 e. The number of rotatable bonds is 1. The molecule has 0 radical (unpaired) electrons. The first kappa shape index (κ1) is 13.8. The summed E-state index contributed by atoms with van der Waals surface area (Å²) in [5.41, 5.74) is 0.0625. The summed E-state index contributed by atoms with van der Waals surface area (Å²) in [5.74, 6) is -0.113. The van der Waals surface area contributed by atoms with Crippen molar-refractivity contribution in [2.45, 2.75) is 6.42 Å². The third-order valence-corrected chi connectivity index (χ3v) is 3.91. The standard InChI is InChI=1S/C15H18N4O2/c1-18-7-4-8-19(10-9-18)15(21)13-11-5-2-3-6-12(11)14(20)17-16-13/h2-3,5-6H,4,7-10H2,1H3,(H,17,20). The Hall–Kier alpha value is -2.21. The molecule has 0 aliphatic carbocycles. The average Bonchev–Trinajstić information content (AvgIpc) is 2.72. The number of carbonyl (C=O) groups excluding carboxylic acids is 1. The van der Waals surface area contributed by atoms with Crippen molar-refractivity contribution in [3.63, 3.8) is 0 Å². The molecule has 21 heavy (non-hydrogen) atoms. The van der Waals surface area contributed by atoms with Gasteiger partial charge in [0.15, 0.2) is 5.69 Å². The normalized spacial score (nSPS) is 16.9. The van der Waals surface area contributed by atoms with Gasteiger partial charge in [-0.05, 0) is 26.1 Å². The van der Waals surface area contributed by atoms with E-state index in [9.17, 15) is 9.59 Å². The fourth-order valence-corrected chi connectivity index (χ4v) is 2.68. The van der Waals surface area contributed by atoms with Crippen molar-refractivity contribution < 1.29 is 4.79 Å². The molecule has 2 heterocycles. The molecule has 3 rings (SSSR count). The van der Waals surface area contributed by atoms with E-state index in [4.69, 9.17) is 0 Å². The molecular formula is C15H18N4O2. The van der Waals surface area contributed by atoms with Gasteiger partial charge >= 0.3 is 0 Å². The number of carbonyl (C=O) groups is 1. The minimum absolute atomic E-state index is 0.113. The molecule has 1 aliphatic heterocycles. The van der Waals surface area contributed by atoms with Crippen LogP contribution in [0.2, 0.25) is 0 Å². The summed E-state index contributed by atoms with van der Waals surface area (Å²) in [6.45, 7) is 3.25. The first-order valence-electron chi connectivity index (χ1n) is 7.12. The van der Waals surface area contributed by atoms with Crippen LogP contribution in [-0.4, -0.2) is 59.1 Å². The Bertz CT molecular complexity index is 725. The lowest BCUT2D eigenvalue weighted by atomic mass is 10.1. The molecule has 1 aliphatic rings. The Morgan fingerprint density at radius 1 is 1.14 bits per heavy atom. The maximum Gasteiger partial charge on any atom is 0.274 e. The highest BCUT2D eigenvalue weighted by Crippen LogP contribution is 2.15. The molecular weight excluding hydrogens is 268 g/mol. The van der Waals surface area contributed by atoms with E-state index >= 15 is 0 Å². The van der Waals surface area contributed by atoms with E-state index < -0.39 is 0 Å². The molecule has 0 atom stereocenters. The lowest BCUT2D eigenvalue weighted by Crippen LogP contribution is -2.35. The molecule has 0 bridgehead atoms. The van der Waals surface area contributed by atoms with Gasteiger partial charge in [-0.15, -0.1) is 0 Å². The SMILES string of the molecule is CN1CCCN(C(=O)c2n[nH]c(=O)c3ccccc23)CC1. The van der Waals surface area contributed by atoms with Gasteiger partial charge in [-0.25, -0.2) is 5.10 Å². The number of hydrogen-bond donors (Lipinski definition) is 1. The molecule has 1 aromatic heterocycles. The highest BCUT2D eigenvalue weighted by molar-refractivity contribution is 6.04. The Morgan fingerprint density at radius 3 is 2.71 bits per heavy atom. The number of benzene rings is 1. The molecule has 1 amide bonds. The lowest BCUT2D eigenvalue weighted by molar-refractivity contribution is 0.0758. The van der Waals surface area contributed by atoms with Crippen LogP contribution in [0, 0.1) is 0 Å². The Balaban J connectivity index is 1.98. The number of nitrogens with one attached hydrogen (secondary N) is 1. The van der Waals surface area contributed by atoms with Crippen LogP contribution in [0.4, 0.5) is 0 Å². The number of fused-ring (bicyclic) bond motifs is 1. The summed E-state index contributed by atoms with van der Waals surface area (Å²) in [7, 11) is 2.06. The van der Waals surface area contributed by atoms with Crippen LogP contribution >= 0.6 is 0 Å². The van der Waals surface area contributed by atoms with Crippen molar-refractivity contribution in [1.29, 1.82) is 0 Å². The van der Waals surface area contributed by atoms with Crippen molar-refractivity contribution in [2.75, 3.05) is 33.2 Å². The predicted octanol–water partition coefficient (Wildman–Crippen LogP) is 0.701. The van der Waals surface area contributed by atoms with E-state index in [1.54, 1.807) is 18.2 Å². The average molecular weight is 286 g/mol. The maximum absolute atomic E-state index is 12.7. The zero-order valence-electron chi connectivity index (χ0n) is 12.0. The highest BCUT2D eigenvalue weighted by Gasteiger charge is 2.22. The second kappa shape index (κ2) is 5.65. The van der Waals surface area contributed by atoms with Gasteiger partial charge in [0.25, 0.3) is 11.5 Å². The minimum Gasteiger partial charge on any atom is -0.336 e. The topological polar surface area (TPSA) is 69.3 Å². The van der Waals surface area contributed by atoms with Gasteiger partial charge in [0.1, 0.15) is 0 Å². The van der Waals surface area contributed by atoms with Crippen LogP contribution in [-0.2, 0) is 0 Å².